The van der Waals surface area contributed by atoms with Crippen LogP contribution in [0.15, 0.2) is 78.9 Å². The molecule has 0 fully saturated rings. The number of hydrogen-bond acceptors (Lipinski definition) is 2. The molecule has 0 aliphatic rings. The number of Topliss-reactive ketones (excluding diaryl/α,β-unsaturated/α-hetero) is 1. The zero-order valence-corrected chi connectivity index (χ0v) is 16.4. The average molecular weight is 398 g/mol. The van der Waals surface area contributed by atoms with Crippen LogP contribution in [-0.2, 0) is 11.2 Å². The summed E-state index contributed by atoms with van der Waals surface area (Å²) in [5.74, 6) is 0.222. The summed E-state index contributed by atoms with van der Waals surface area (Å²) in [6, 6.07) is 25.1. The molecule has 0 radical (unpaired) electrons. The maximum atomic E-state index is 12.6. The highest BCUT2D eigenvalue weighted by atomic mass is 35.5. The van der Waals surface area contributed by atoms with Gasteiger partial charge in [0.25, 0.3) is 0 Å². The van der Waals surface area contributed by atoms with E-state index in [-0.39, 0.29) is 11.8 Å². The predicted molar refractivity (Wildman–Crippen MR) is 114 cm³/mol. The van der Waals surface area contributed by atoms with Gasteiger partial charge in [-0.25, -0.2) is 0 Å². The number of halogens is 2. The number of nitrogens with one attached hydrogen (secondary N) is 1. The molecule has 2 nitrogen and oxygen atoms in total. The predicted octanol–water partition coefficient (Wildman–Crippen LogP) is 6.74. The van der Waals surface area contributed by atoms with Crippen LogP contribution in [0.1, 0.15) is 30.0 Å². The first-order valence-corrected chi connectivity index (χ1v) is 9.69. The minimum atomic E-state index is -0.119. The lowest BCUT2D eigenvalue weighted by Gasteiger charge is -2.20. The lowest BCUT2D eigenvalue weighted by molar-refractivity contribution is -0.119. The summed E-state index contributed by atoms with van der Waals surface area (Å²) < 4.78 is 0. The second-order valence-corrected chi connectivity index (χ2v) is 7.36. The van der Waals surface area contributed by atoms with Crippen LogP contribution in [0.5, 0.6) is 0 Å². The minimum absolute atomic E-state index is 0.119. The highest BCUT2D eigenvalue weighted by Crippen LogP contribution is 2.26. The molecule has 0 saturated carbocycles. The molecule has 0 aliphatic heterocycles. The molecule has 0 aromatic heterocycles. The van der Waals surface area contributed by atoms with E-state index in [1.54, 1.807) is 0 Å². The first-order valence-electron chi connectivity index (χ1n) is 8.93. The number of anilines is 1. The Balaban J connectivity index is 1.69. The molecule has 4 heteroatoms. The lowest BCUT2D eigenvalue weighted by Crippen LogP contribution is -2.16. The molecule has 0 aliphatic carbocycles. The Morgan fingerprint density at radius 1 is 0.815 bits per heavy atom. The standard InChI is InChI=1S/C23H21Cl2NO/c24-19-9-7-18(8-10-19)23(26-21-13-11-20(25)12-14-21)16-22(27)15-6-17-4-2-1-3-5-17/h1-5,7-14,23,26H,6,15-16H2. The van der Waals surface area contributed by atoms with Crippen LogP contribution in [0.3, 0.4) is 0 Å². The van der Waals surface area contributed by atoms with Crippen molar-refractivity contribution in [3.05, 3.63) is 100 Å². The van der Waals surface area contributed by atoms with Crippen molar-refractivity contribution in [2.75, 3.05) is 5.32 Å². The smallest absolute Gasteiger partial charge is 0.135 e. The highest BCUT2D eigenvalue weighted by Gasteiger charge is 2.16. The molecule has 0 bridgehead atoms. The molecule has 3 aromatic rings. The Hall–Kier alpha value is -2.29. The molecule has 27 heavy (non-hydrogen) atoms. The average Bonchev–Trinajstić information content (AvgIpc) is 2.69. The number of carbonyl (C=O) groups is 1. The van der Waals surface area contributed by atoms with Crippen molar-refractivity contribution < 1.29 is 4.79 Å². The zero-order valence-electron chi connectivity index (χ0n) is 14.9. The molecule has 138 valence electrons. The number of rotatable bonds is 8. The summed E-state index contributed by atoms with van der Waals surface area (Å²) in [6.45, 7) is 0. The van der Waals surface area contributed by atoms with Gasteiger partial charge >= 0.3 is 0 Å². The summed E-state index contributed by atoms with van der Waals surface area (Å²) in [4.78, 5) is 12.6. The van der Waals surface area contributed by atoms with Crippen molar-refractivity contribution >= 4 is 34.7 Å². The quantitative estimate of drug-likeness (QED) is 0.455. The monoisotopic (exact) mass is 397 g/mol. The van der Waals surface area contributed by atoms with Gasteiger partial charge in [0.2, 0.25) is 0 Å². The molecule has 0 heterocycles. The second-order valence-electron chi connectivity index (χ2n) is 6.48. The molecule has 3 rings (SSSR count). The van der Waals surface area contributed by atoms with Crippen LogP contribution in [0.4, 0.5) is 5.69 Å². The third-order valence-electron chi connectivity index (χ3n) is 4.42. The highest BCUT2D eigenvalue weighted by molar-refractivity contribution is 6.30. The van der Waals surface area contributed by atoms with Crippen molar-refractivity contribution in [1.82, 2.24) is 0 Å². The van der Waals surface area contributed by atoms with E-state index < -0.39 is 0 Å². The van der Waals surface area contributed by atoms with Crippen molar-refractivity contribution in [2.45, 2.75) is 25.3 Å². The van der Waals surface area contributed by atoms with Gasteiger partial charge in [-0.05, 0) is 53.9 Å². The SMILES string of the molecule is O=C(CCc1ccccc1)CC(Nc1ccc(Cl)cc1)c1ccc(Cl)cc1. The van der Waals surface area contributed by atoms with E-state index in [0.29, 0.717) is 22.9 Å². The normalized spacial score (nSPS) is 11.8. The van der Waals surface area contributed by atoms with Gasteiger partial charge < -0.3 is 5.32 Å². The molecule has 0 spiro atoms. The van der Waals surface area contributed by atoms with Gasteiger partial charge in [-0.1, -0.05) is 65.7 Å². The van der Waals surface area contributed by atoms with Crippen LogP contribution in [0.2, 0.25) is 10.0 Å². The third kappa shape index (κ3) is 6.13. The largest absolute Gasteiger partial charge is 0.378 e. The number of aryl methyl sites for hydroxylation is 1. The number of hydrogen-bond donors (Lipinski definition) is 1. The van der Waals surface area contributed by atoms with Gasteiger partial charge in [-0.15, -0.1) is 0 Å². The van der Waals surface area contributed by atoms with E-state index >= 15 is 0 Å². The fraction of sp³-hybridized carbons (Fsp3) is 0.174. The van der Waals surface area contributed by atoms with E-state index in [1.807, 2.05) is 66.7 Å². The fourth-order valence-electron chi connectivity index (χ4n) is 2.95. The van der Waals surface area contributed by atoms with Crippen LogP contribution in [-0.4, -0.2) is 5.78 Å². The minimum Gasteiger partial charge on any atom is -0.378 e. The lowest BCUT2D eigenvalue weighted by atomic mass is 9.97. The van der Waals surface area contributed by atoms with Gasteiger partial charge in [0, 0.05) is 28.6 Å². The van der Waals surface area contributed by atoms with E-state index in [4.69, 9.17) is 23.2 Å². The molecular weight excluding hydrogens is 377 g/mol. The summed E-state index contributed by atoms with van der Waals surface area (Å²) in [6.07, 6.45) is 1.70. The molecule has 1 unspecified atom stereocenters. The van der Waals surface area contributed by atoms with Gasteiger partial charge in [-0.2, -0.15) is 0 Å². The molecule has 0 amide bonds. The molecule has 3 aromatic carbocycles. The van der Waals surface area contributed by atoms with Gasteiger partial charge in [0.05, 0.1) is 6.04 Å². The van der Waals surface area contributed by atoms with Crippen LogP contribution in [0.25, 0.3) is 0 Å². The van der Waals surface area contributed by atoms with Crippen LogP contribution >= 0.6 is 23.2 Å². The van der Waals surface area contributed by atoms with Crippen molar-refractivity contribution in [1.29, 1.82) is 0 Å². The molecular formula is C23H21Cl2NO. The van der Waals surface area contributed by atoms with E-state index in [1.165, 1.54) is 5.56 Å². The molecule has 1 N–H and O–H groups in total. The van der Waals surface area contributed by atoms with Gasteiger partial charge in [0.15, 0.2) is 0 Å². The third-order valence-corrected chi connectivity index (χ3v) is 4.93. The summed E-state index contributed by atoms with van der Waals surface area (Å²) in [7, 11) is 0. The summed E-state index contributed by atoms with van der Waals surface area (Å²) in [5, 5.41) is 4.81. The fourth-order valence-corrected chi connectivity index (χ4v) is 3.20. The maximum Gasteiger partial charge on any atom is 0.135 e. The van der Waals surface area contributed by atoms with Crippen LogP contribution < -0.4 is 5.32 Å². The van der Waals surface area contributed by atoms with Crippen LogP contribution in [0, 0.1) is 0 Å². The van der Waals surface area contributed by atoms with Crippen molar-refractivity contribution in [2.24, 2.45) is 0 Å². The Bertz CT molecular complexity index is 861. The Morgan fingerprint density at radius 2 is 1.41 bits per heavy atom. The molecule has 1 atom stereocenters. The van der Waals surface area contributed by atoms with Crippen molar-refractivity contribution in [3.63, 3.8) is 0 Å². The summed E-state index contributed by atoms with van der Waals surface area (Å²) in [5.41, 5.74) is 3.14. The topological polar surface area (TPSA) is 29.1 Å². The van der Waals surface area contributed by atoms with Gasteiger partial charge in [-0.3, -0.25) is 4.79 Å². The van der Waals surface area contributed by atoms with Crippen molar-refractivity contribution in [3.8, 4) is 0 Å². The van der Waals surface area contributed by atoms with E-state index in [0.717, 1.165) is 17.7 Å². The Labute approximate surface area is 170 Å². The summed E-state index contributed by atoms with van der Waals surface area (Å²) >= 11 is 12.0. The molecule has 0 saturated heterocycles. The van der Waals surface area contributed by atoms with Gasteiger partial charge in [0.1, 0.15) is 5.78 Å². The Morgan fingerprint density at radius 3 is 2.04 bits per heavy atom. The first kappa shape index (κ1) is 19.5. The first-order chi connectivity index (χ1) is 13.1. The second kappa shape index (κ2) is 9.59. The van der Waals surface area contributed by atoms with E-state index in [9.17, 15) is 4.79 Å². The maximum absolute atomic E-state index is 12.6. The number of ketones is 1. The zero-order chi connectivity index (χ0) is 19.1. The number of benzene rings is 3. The van der Waals surface area contributed by atoms with E-state index in [2.05, 4.69) is 17.4 Å². The Kier molecular flexibility index (Phi) is 6.92. The number of carbonyl (C=O) groups excluding carboxylic acids is 1.